The molecule has 0 saturated carbocycles. The van der Waals surface area contributed by atoms with Crippen LogP contribution in [0, 0.1) is 5.92 Å². The number of anilines is 1. The molecule has 1 aliphatic heterocycles. The predicted molar refractivity (Wildman–Crippen MR) is 69.6 cm³/mol. The maximum absolute atomic E-state index is 9.00. The van der Waals surface area contributed by atoms with E-state index in [2.05, 4.69) is 18.3 Å². The monoisotopic (exact) mass is 235 g/mol. The molecule has 0 aliphatic carbocycles. The van der Waals surface area contributed by atoms with E-state index in [9.17, 15) is 0 Å². The van der Waals surface area contributed by atoms with Gasteiger partial charge < -0.3 is 15.2 Å². The van der Waals surface area contributed by atoms with Gasteiger partial charge in [-0.05, 0) is 31.4 Å². The number of aryl methyl sites for hydroxylation is 1. The van der Waals surface area contributed by atoms with Gasteiger partial charge in [-0.3, -0.25) is 0 Å². The molecule has 0 bridgehead atoms. The molecule has 0 radical (unpaired) electrons. The van der Waals surface area contributed by atoms with E-state index in [1.807, 2.05) is 19.1 Å². The molecule has 3 nitrogen and oxygen atoms in total. The molecule has 1 heterocycles. The smallest absolute Gasteiger partial charge is 0.142 e. The van der Waals surface area contributed by atoms with Crippen molar-refractivity contribution in [2.24, 2.45) is 5.92 Å². The lowest BCUT2D eigenvalue weighted by Crippen LogP contribution is -2.23. The van der Waals surface area contributed by atoms with Crippen LogP contribution in [0.2, 0.25) is 0 Å². The molecule has 1 aromatic rings. The van der Waals surface area contributed by atoms with E-state index >= 15 is 0 Å². The highest BCUT2D eigenvalue weighted by atomic mass is 16.5. The van der Waals surface area contributed by atoms with Crippen LogP contribution in [0.25, 0.3) is 0 Å². The molecule has 2 unspecified atom stereocenters. The summed E-state index contributed by atoms with van der Waals surface area (Å²) in [6, 6.07) is 6.68. The van der Waals surface area contributed by atoms with E-state index in [1.54, 1.807) is 0 Å². The second-order valence-corrected chi connectivity index (χ2v) is 4.97. The van der Waals surface area contributed by atoms with Gasteiger partial charge >= 0.3 is 0 Å². The maximum atomic E-state index is 9.00. The molecule has 3 heteroatoms. The summed E-state index contributed by atoms with van der Waals surface area (Å²) in [4.78, 5) is 0. The first-order valence-electron chi connectivity index (χ1n) is 6.32. The lowest BCUT2D eigenvalue weighted by Gasteiger charge is -2.26. The van der Waals surface area contributed by atoms with Crippen molar-refractivity contribution in [2.45, 2.75) is 32.7 Å². The molecule has 0 spiro atoms. The minimum Gasteiger partial charge on any atom is -0.491 e. The van der Waals surface area contributed by atoms with Crippen LogP contribution in [-0.4, -0.2) is 24.4 Å². The summed E-state index contributed by atoms with van der Waals surface area (Å²) >= 11 is 0. The van der Waals surface area contributed by atoms with Crippen molar-refractivity contribution in [3.8, 4) is 5.75 Å². The Kier molecular flexibility index (Phi) is 3.89. The Hall–Kier alpha value is -1.22. The summed E-state index contributed by atoms with van der Waals surface area (Å²) in [6.45, 7) is 4.89. The highest BCUT2D eigenvalue weighted by Crippen LogP contribution is 2.33. The number of para-hydroxylation sites is 1. The SMILES string of the molecule is CC(CO)COc1cccc2c1NC(C)CC2. The van der Waals surface area contributed by atoms with Crippen LogP contribution in [0.1, 0.15) is 25.8 Å². The number of nitrogens with one attached hydrogen (secondary N) is 1. The molecule has 0 amide bonds. The Morgan fingerprint density at radius 2 is 2.35 bits per heavy atom. The molecular formula is C14H21NO2. The van der Waals surface area contributed by atoms with E-state index in [4.69, 9.17) is 9.84 Å². The molecule has 2 rings (SSSR count). The topological polar surface area (TPSA) is 41.5 Å². The first kappa shape index (κ1) is 12.2. The Labute approximate surface area is 103 Å². The van der Waals surface area contributed by atoms with Crippen LogP contribution in [0.5, 0.6) is 5.75 Å². The summed E-state index contributed by atoms with van der Waals surface area (Å²) in [7, 11) is 0. The third-order valence-corrected chi connectivity index (χ3v) is 3.18. The van der Waals surface area contributed by atoms with Gasteiger partial charge in [0.2, 0.25) is 0 Å². The van der Waals surface area contributed by atoms with Gasteiger partial charge in [0.25, 0.3) is 0 Å². The van der Waals surface area contributed by atoms with Crippen molar-refractivity contribution < 1.29 is 9.84 Å². The number of rotatable bonds is 4. The van der Waals surface area contributed by atoms with Crippen molar-refractivity contribution in [1.29, 1.82) is 0 Å². The zero-order chi connectivity index (χ0) is 12.3. The Bertz CT molecular complexity index is 378. The van der Waals surface area contributed by atoms with E-state index in [-0.39, 0.29) is 12.5 Å². The maximum Gasteiger partial charge on any atom is 0.142 e. The second kappa shape index (κ2) is 5.41. The minimum atomic E-state index is 0.166. The molecular weight excluding hydrogens is 214 g/mol. The lowest BCUT2D eigenvalue weighted by atomic mass is 9.98. The van der Waals surface area contributed by atoms with Gasteiger partial charge in [0.15, 0.2) is 0 Å². The first-order chi connectivity index (χ1) is 8.20. The number of benzene rings is 1. The summed E-state index contributed by atoms with van der Waals surface area (Å²) in [5.74, 6) is 1.08. The van der Waals surface area contributed by atoms with Crippen molar-refractivity contribution in [3.05, 3.63) is 23.8 Å². The fraction of sp³-hybridized carbons (Fsp3) is 0.571. The van der Waals surface area contributed by atoms with Gasteiger partial charge in [-0.2, -0.15) is 0 Å². The number of hydrogen-bond donors (Lipinski definition) is 2. The number of aliphatic hydroxyl groups excluding tert-OH is 1. The third kappa shape index (κ3) is 2.91. The van der Waals surface area contributed by atoms with Crippen molar-refractivity contribution in [1.82, 2.24) is 0 Å². The summed E-state index contributed by atoms with van der Waals surface area (Å²) in [6.07, 6.45) is 2.28. The van der Waals surface area contributed by atoms with Crippen LogP contribution in [0.4, 0.5) is 5.69 Å². The normalized spacial score (nSPS) is 20.3. The van der Waals surface area contributed by atoms with Crippen LogP contribution in [0.3, 0.4) is 0 Å². The van der Waals surface area contributed by atoms with E-state index in [0.717, 1.165) is 17.9 Å². The molecule has 0 saturated heterocycles. The van der Waals surface area contributed by atoms with E-state index in [1.165, 1.54) is 12.0 Å². The van der Waals surface area contributed by atoms with Gasteiger partial charge in [0.05, 0.1) is 12.3 Å². The summed E-state index contributed by atoms with van der Waals surface area (Å²) in [5, 5.41) is 12.5. The Morgan fingerprint density at radius 3 is 3.12 bits per heavy atom. The number of hydrogen-bond acceptors (Lipinski definition) is 3. The largest absolute Gasteiger partial charge is 0.491 e. The minimum absolute atomic E-state index is 0.166. The fourth-order valence-electron chi connectivity index (χ4n) is 2.04. The average Bonchev–Trinajstić information content (AvgIpc) is 2.35. The highest BCUT2D eigenvalue weighted by Gasteiger charge is 2.17. The zero-order valence-corrected chi connectivity index (χ0v) is 10.6. The number of fused-ring (bicyclic) bond motifs is 1. The van der Waals surface area contributed by atoms with Gasteiger partial charge in [-0.15, -0.1) is 0 Å². The lowest BCUT2D eigenvalue weighted by molar-refractivity contribution is 0.174. The van der Waals surface area contributed by atoms with Crippen molar-refractivity contribution >= 4 is 5.69 Å². The zero-order valence-electron chi connectivity index (χ0n) is 10.6. The molecule has 94 valence electrons. The Morgan fingerprint density at radius 1 is 1.53 bits per heavy atom. The third-order valence-electron chi connectivity index (χ3n) is 3.18. The second-order valence-electron chi connectivity index (χ2n) is 4.97. The number of aliphatic hydroxyl groups is 1. The molecule has 1 aromatic carbocycles. The van der Waals surface area contributed by atoms with Crippen molar-refractivity contribution in [3.63, 3.8) is 0 Å². The van der Waals surface area contributed by atoms with Gasteiger partial charge in [0, 0.05) is 18.6 Å². The first-order valence-corrected chi connectivity index (χ1v) is 6.32. The van der Waals surface area contributed by atoms with Gasteiger partial charge in [-0.25, -0.2) is 0 Å². The predicted octanol–water partition coefficient (Wildman–Crippen LogP) is 2.44. The molecule has 2 N–H and O–H groups in total. The van der Waals surface area contributed by atoms with Gasteiger partial charge in [0.1, 0.15) is 5.75 Å². The standard InChI is InChI=1S/C14H21NO2/c1-10(8-16)9-17-13-5-3-4-12-7-6-11(2)15-14(12)13/h3-5,10-11,15-16H,6-9H2,1-2H3. The van der Waals surface area contributed by atoms with Crippen LogP contribution in [0.15, 0.2) is 18.2 Å². The van der Waals surface area contributed by atoms with Crippen molar-refractivity contribution in [2.75, 3.05) is 18.5 Å². The van der Waals surface area contributed by atoms with Crippen LogP contribution in [-0.2, 0) is 6.42 Å². The molecule has 0 aromatic heterocycles. The fourth-order valence-corrected chi connectivity index (χ4v) is 2.04. The Balaban J connectivity index is 2.12. The molecule has 0 fully saturated rings. The molecule has 17 heavy (non-hydrogen) atoms. The summed E-state index contributed by atoms with van der Waals surface area (Å²) in [5.41, 5.74) is 2.47. The highest BCUT2D eigenvalue weighted by molar-refractivity contribution is 5.63. The van der Waals surface area contributed by atoms with Gasteiger partial charge in [-0.1, -0.05) is 19.1 Å². The number of ether oxygens (including phenoxy) is 1. The van der Waals surface area contributed by atoms with E-state index < -0.39 is 0 Å². The molecule has 2 atom stereocenters. The van der Waals surface area contributed by atoms with E-state index in [0.29, 0.717) is 12.6 Å². The van der Waals surface area contributed by atoms with Crippen LogP contribution >= 0.6 is 0 Å². The molecule has 1 aliphatic rings. The van der Waals surface area contributed by atoms with Crippen LogP contribution < -0.4 is 10.1 Å². The summed E-state index contributed by atoms with van der Waals surface area (Å²) < 4.78 is 5.78. The quantitative estimate of drug-likeness (QED) is 0.842. The average molecular weight is 235 g/mol.